The van der Waals surface area contributed by atoms with Crippen molar-refractivity contribution in [2.45, 2.75) is 38.1 Å². The van der Waals surface area contributed by atoms with Gasteiger partial charge in [0.2, 0.25) is 5.91 Å². The summed E-state index contributed by atoms with van der Waals surface area (Å²) in [4.78, 5) is 29.7. The van der Waals surface area contributed by atoms with E-state index in [4.69, 9.17) is 0 Å². The molecule has 1 aromatic carbocycles. The van der Waals surface area contributed by atoms with Gasteiger partial charge in [-0.15, -0.1) is 0 Å². The number of piperidine rings is 1. The zero-order chi connectivity index (χ0) is 18.6. The van der Waals surface area contributed by atoms with Crippen LogP contribution in [-0.4, -0.2) is 57.5 Å². The van der Waals surface area contributed by atoms with Crippen molar-refractivity contribution in [3.8, 4) is 0 Å². The number of amides is 2. The minimum atomic E-state index is 0.0850. The van der Waals surface area contributed by atoms with Crippen LogP contribution in [0.15, 0.2) is 42.7 Å². The molecule has 0 radical (unpaired) electrons. The average molecular weight is 366 g/mol. The fraction of sp³-hybridized carbons (Fsp3) is 0.476. The van der Waals surface area contributed by atoms with Crippen LogP contribution in [-0.2, 0) is 11.2 Å². The van der Waals surface area contributed by atoms with Crippen molar-refractivity contribution < 1.29 is 9.59 Å². The molecule has 27 heavy (non-hydrogen) atoms. The van der Waals surface area contributed by atoms with Crippen LogP contribution in [0.4, 0.5) is 0 Å². The van der Waals surface area contributed by atoms with Crippen LogP contribution in [0.3, 0.4) is 0 Å². The second kappa shape index (κ2) is 7.94. The van der Waals surface area contributed by atoms with E-state index < -0.39 is 0 Å². The van der Waals surface area contributed by atoms with Gasteiger partial charge >= 0.3 is 0 Å². The predicted molar refractivity (Wildman–Crippen MR) is 102 cm³/mol. The first-order valence-electron chi connectivity index (χ1n) is 9.82. The fourth-order valence-electron chi connectivity index (χ4n) is 4.32. The van der Waals surface area contributed by atoms with Gasteiger partial charge in [-0.25, -0.2) is 0 Å². The van der Waals surface area contributed by atoms with Crippen LogP contribution in [0.2, 0.25) is 0 Å². The molecule has 1 N–H and O–H groups in total. The average Bonchev–Trinajstić information content (AvgIpc) is 3.05. The summed E-state index contributed by atoms with van der Waals surface area (Å²) < 4.78 is 0. The highest BCUT2D eigenvalue weighted by atomic mass is 16.2. The summed E-state index contributed by atoms with van der Waals surface area (Å²) in [6.45, 7) is 2.19. The number of rotatable bonds is 5. The number of aryl methyl sites for hydroxylation is 1. The van der Waals surface area contributed by atoms with E-state index in [2.05, 4.69) is 10.2 Å². The Morgan fingerprint density at radius 3 is 2.74 bits per heavy atom. The van der Waals surface area contributed by atoms with Gasteiger partial charge in [0, 0.05) is 43.9 Å². The highest BCUT2D eigenvalue weighted by Crippen LogP contribution is 2.29. The number of hydrogen-bond acceptors (Lipinski definition) is 3. The third-order valence-corrected chi connectivity index (χ3v) is 5.75. The molecule has 0 saturated carbocycles. The number of aromatic amines is 1. The highest BCUT2D eigenvalue weighted by Gasteiger charge is 2.38. The van der Waals surface area contributed by atoms with Crippen LogP contribution in [0.25, 0.3) is 0 Å². The van der Waals surface area contributed by atoms with Crippen molar-refractivity contribution in [3.05, 3.63) is 53.9 Å². The van der Waals surface area contributed by atoms with Gasteiger partial charge < -0.3 is 9.80 Å². The Bertz CT molecular complexity index is 775. The first kappa shape index (κ1) is 17.8. The third-order valence-electron chi connectivity index (χ3n) is 5.75. The number of nitrogens with zero attached hydrogens (tertiary/aromatic N) is 3. The molecule has 0 spiro atoms. The quantitative estimate of drug-likeness (QED) is 0.884. The Morgan fingerprint density at radius 1 is 1.11 bits per heavy atom. The van der Waals surface area contributed by atoms with Crippen molar-refractivity contribution in [3.63, 3.8) is 0 Å². The van der Waals surface area contributed by atoms with Gasteiger partial charge in [-0.2, -0.15) is 5.10 Å². The second-order valence-electron chi connectivity index (χ2n) is 7.68. The van der Waals surface area contributed by atoms with E-state index in [1.165, 1.54) is 0 Å². The maximum Gasteiger partial charge on any atom is 0.253 e. The lowest BCUT2D eigenvalue weighted by molar-refractivity contribution is -0.135. The number of nitrogens with one attached hydrogen (secondary N) is 1. The van der Waals surface area contributed by atoms with E-state index >= 15 is 0 Å². The summed E-state index contributed by atoms with van der Waals surface area (Å²) in [7, 11) is 0. The molecule has 2 atom stereocenters. The van der Waals surface area contributed by atoms with E-state index in [0.717, 1.165) is 49.9 Å². The number of H-pyrrole nitrogens is 1. The van der Waals surface area contributed by atoms with Gasteiger partial charge in [0.25, 0.3) is 5.91 Å². The van der Waals surface area contributed by atoms with Crippen molar-refractivity contribution in [1.29, 1.82) is 0 Å². The molecule has 6 heteroatoms. The molecule has 3 aliphatic heterocycles. The zero-order valence-corrected chi connectivity index (χ0v) is 15.5. The standard InChI is InChI=1S/C21H26N4O2/c26-20(8-4-5-16-11-22-23-12-16)25-14-17-9-10-19(25)15-24(13-17)21(27)18-6-2-1-3-7-18/h1-3,6-7,11-12,17,19H,4-5,8-10,13-15H2,(H,22,23). The molecule has 3 aliphatic rings. The van der Waals surface area contributed by atoms with Crippen LogP contribution < -0.4 is 0 Å². The summed E-state index contributed by atoms with van der Waals surface area (Å²) in [6, 6.07) is 9.61. The van der Waals surface area contributed by atoms with Crippen LogP contribution in [0, 0.1) is 5.92 Å². The van der Waals surface area contributed by atoms with Crippen LogP contribution >= 0.6 is 0 Å². The molecule has 6 nitrogen and oxygen atoms in total. The summed E-state index contributed by atoms with van der Waals surface area (Å²) in [5.41, 5.74) is 1.87. The molecule has 2 aromatic rings. The van der Waals surface area contributed by atoms with Gasteiger partial charge in [-0.1, -0.05) is 18.2 Å². The first-order chi connectivity index (χ1) is 13.2. The highest BCUT2D eigenvalue weighted by molar-refractivity contribution is 5.94. The molecule has 5 rings (SSSR count). The molecule has 4 heterocycles. The van der Waals surface area contributed by atoms with Crippen molar-refractivity contribution in [1.82, 2.24) is 20.0 Å². The van der Waals surface area contributed by atoms with E-state index in [0.29, 0.717) is 18.9 Å². The second-order valence-corrected chi connectivity index (χ2v) is 7.68. The number of hydrogen-bond donors (Lipinski definition) is 1. The lowest BCUT2D eigenvalue weighted by Crippen LogP contribution is -2.47. The largest absolute Gasteiger partial charge is 0.338 e. The van der Waals surface area contributed by atoms with Gasteiger partial charge in [-0.3, -0.25) is 14.7 Å². The maximum atomic E-state index is 12.9. The van der Waals surface area contributed by atoms with E-state index in [9.17, 15) is 9.59 Å². The number of aromatic nitrogens is 2. The smallest absolute Gasteiger partial charge is 0.253 e. The monoisotopic (exact) mass is 366 g/mol. The van der Waals surface area contributed by atoms with E-state index in [1.807, 2.05) is 52.5 Å². The molecule has 0 aliphatic carbocycles. The Balaban J connectivity index is 1.37. The van der Waals surface area contributed by atoms with Crippen LogP contribution in [0.5, 0.6) is 0 Å². The van der Waals surface area contributed by atoms with Gasteiger partial charge in [0.1, 0.15) is 0 Å². The zero-order valence-electron chi connectivity index (χ0n) is 15.5. The van der Waals surface area contributed by atoms with Crippen molar-refractivity contribution in [2.24, 2.45) is 5.92 Å². The molecular formula is C21H26N4O2. The lowest BCUT2D eigenvalue weighted by atomic mass is 9.94. The van der Waals surface area contributed by atoms with Gasteiger partial charge in [0.15, 0.2) is 0 Å². The SMILES string of the molecule is O=C(c1ccccc1)N1CC2CCC(C1)N(C(=O)CCCc1cn[nH]c1)C2. The molecule has 142 valence electrons. The predicted octanol–water partition coefficient (Wildman–Crippen LogP) is 2.50. The summed E-state index contributed by atoms with van der Waals surface area (Å²) in [5.74, 6) is 0.693. The molecule has 2 bridgehead atoms. The number of benzene rings is 1. The van der Waals surface area contributed by atoms with Gasteiger partial charge in [0.05, 0.1) is 6.20 Å². The number of carbonyl (C=O) groups excluding carboxylic acids is 2. The van der Waals surface area contributed by atoms with E-state index in [-0.39, 0.29) is 17.9 Å². The lowest BCUT2D eigenvalue weighted by Gasteiger charge is -2.36. The van der Waals surface area contributed by atoms with E-state index in [1.54, 1.807) is 0 Å². The van der Waals surface area contributed by atoms with Crippen molar-refractivity contribution in [2.75, 3.05) is 19.6 Å². The Morgan fingerprint density at radius 2 is 1.96 bits per heavy atom. The third kappa shape index (κ3) is 4.04. The summed E-state index contributed by atoms with van der Waals surface area (Å²) in [6.07, 6.45) is 8.04. The fourth-order valence-corrected chi connectivity index (χ4v) is 4.32. The Hall–Kier alpha value is -2.63. The minimum absolute atomic E-state index is 0.0850. The minimum Gasteiger partial charge on any atom is -0.338 e. The van der Waals surface area contributed by atoms with Crippen LogP contribution in [0.1, 0.15) is 41.6 Å². The molecule has 3 fully saturated rings. The number of fused-ring (bicyclic) bond motifs is 4. The number of carbonyl (C=O) groups is 2. The topological polar surface area (TPSA) is 69.3 Å². The summed E-state index contributed by atoms with van der Waals surface area (Å²) >= 11 is 0. The molecule has 3 saturated heterocycles. The maximum absolute atomic E-state index is 12.9. The summed E-state index contributed by atoms with van der Waals surface area (Å²) in [5, 5.41) is 6.75. The first-order valence-corrected chi connectivity index (χ1v) is 9.82. The van der Waals surface area contributed by atoms with Gasteiger partial charge in [-0.05, 0) is 49.3 Å². The molecule has 2 unspecified atom stereocenters. The normalized spacial score (nSPS) is 21.9. The Kier molecular flexibility index (Phi) is 5.23. The molecular weight excluding hydrogens is 340 g/mol. The molecule has 2 amide bonds. The van der Waals surface area contributed by atoms with Crippen molar-refractivity contribution >= 4 is 11.8 Å². The Labute approximate surface area is 159 Å². The molecule has 1 aromatic heterocycles.